The molecule has 0 fully saturated rings. The van der Waals surface area contributed by atoms with Crippen molar-refractivity contribution in [2.75, 3.05) is 0 Å². The van der Waals surface area contributed by atoms with E-state index in [1.54, 1.807) is 12.1 Å². The first-order valence-corrected chi connectivity index (χ1v) is 4.12. The summed E-state index contributed by atoms with van der Waals surface area (Å²) in [6.45, 7) is 3.31. The summed E-state index contributed by atoms with van der Waals surface area (Å²) in [6, 6.07) is 6.02. The standard InChI is InChI=1S/C10H12FNO/c1-7(12-8(2)13)9-3-5-10(11)6-4-9/h3-7H,1-2H3,(H,12,13)/t7-/m0/s1. The summed E-state index contributed by atoms with van der Waals surface area (Å²) >= 11 is 0. The number of carbonyl (C=O) groups excluding carboxylic acids is 1. The van der Waals surface area contributed by atoms with Crippen molar-refractivity contribution in [3.8, 4) is 0 Å². The van der Waals surface area contributed by atoms with Crippen LogP contribution in [-0.4, -0.2) is 5.91 Å². The van der Waals surface area contributed by atoms with Crippen LogP contribution in [0.4, 0.5) is 4.39 Å². The van der Waals surface area contributed by atoms with E-state index in [4.69, 9.17) is 0 Å². The molecule has 1 rings (SSSR count). The predicted octanol–water partition coefficient (Wildman–Crippen LogP) is 2.02. The van der Waals surface area contributed by atoms with Crippen LogP contribution in [-0.2, 0) is 4.79 Å². The van der Waals surface area contributed by atoms with Gasteiger partial charge < -0.3 is 5.32 Å². The molecule has 0 unspecified atom stereocenters. The summed E-state index contributed by atoms with van der Waals surface area (Å²) in [5.74, 6) is -0.351. The Morgan fingerprint density at radius 1 is 1.38 bits per heavy atom. The number of carbonyl (C=O) groups is 1. The molecule has 1 amide bonds. The zero-order chi connectivity index (χ0) is 9.84. The van der Waals surface area contributed by atoms with Crippen molar-refractivity contribution >= 4 is 5.91 Å². The molecule has 0 bridgehead atoms. The van der Waals surface area contributed by atoms with Gasteiger partial charge in [0, 0.05) is 6.92 Å². The van der Waals surface area contributed by atoms with Crippen molar-refractivity contribution in [3.63, 3.8) is 0 Å². The van der Waals surface area contributed by atoms with E-state index in [1.165, 1.54) is 19.1 Å². The lowest BCUT2D eigenvalue weighted by molar-refractivity contribution is -0.119. The van der Waals surface area contributed by atoms with Gasteiger partial charge in [0.05, 0.1) is 6.04 Å². The molecule has 2 nitrogen and oxygen atoms in total. The molecule has 0 aliphatic carbocycles. The van der Waals surface area contributed by atoms with Gasteiger partial charge in [-0.1, -0.05) is 12.1 Å². The lowest BCUT2D eigenvalue weighted by atomic mass is 10.1. The van der Waals surface area contributed by atoms with Crippen LogP contribution in [0.5, 0.6) is 0 Å². The largest absolute Gasteiger partial charge is 0.350 e. The van der Waals surface area contributed by atoms with Gasteiger partial charge in [-0.15, -0.1) is 0 Å². The highest BCUT2D eigenvalue weighted by Gasteiger charge is 2.05. The molecule has 0 aliphatic rings. The zero-order valence-electron chi connectivity index (χ0n) is 7.67. The van der Waals surface area contributed by atoms with E-state index in [-0.39, 0.29) is 17.8 Å². The Morgan fingerprint density at radius 3 is 2.38 bits per heavy atom. The molecule has 0 aromatic heterocycles. The second-order valence-electron chi connectivity index (χ2n) is 2.97. The van der Waals surface area contributed by atoms with Crippen molar-refractivity contribution < 1.29 is 9.18 Å². The first kappa shape index (κ1) is 9.71. The molecular formula is C10H12FNO. The molecule has 1 atom stereocenters. The van der Waals surface area contributed by atoms with E-state index in [2.05, 4.69) is 5.32 Å². The maximum atomic E-state index is 12.5. The number of amides is 1. The van der Waals surface area contributed by atoms with Crippen molar-refractivity contribution in [3.05, 3.63) is 35.6 Å². The fourth-order valence-corrected chi connectivity index (χ4v) is 1.14. The monoisotopic (exact) mass is 181 g/mol. The Balaban J connectivity index is 2.71. The number of rotatable bonds is 2. The minimum absolute atomic E-state index is 0.0712. The van der Waals surface area contributed by atoms with Crippen molar-refractivity contribution in [1.29, 1.82) is 0 Å². The normalized spacial score (nSPS) is 12.2. The van der Waals surface area contributed by atoms with Crippen LogP contribution in [0.25, 0.3) is 0 Å². The van der Waals surface area contributed by atoms with Gasteiger partial charge >= 0.3 is 0 Å². The van der Waals surface area contributed by atoms with E-state index in [0.717, 1.165) is 5.56 Å². The second-order valence-corrected chi connectivity index (χ2v) is 2.97. The molecule has 1 N–H and O–H groups in total. The summed E-state index contributed by atoms with van der Waals surface area (Å²) in [4.78, 5) is 10.7. The van der Waals surface area contributed by atoms with E-state index in [1.807, 2.05) is 6.92 Å². The number of hydrogen-bond donors (Lipinski definition) is 1. The third kappa shape index (κ3) is 2.86. The van der Waals surface area contributed by atoms with Gasteiger partial charge in [-0.2, -0.15) is 0 Å². The molecule has 0 radical (unpaired) electrons. The number of hydrogen-bond acceptors (Lipinski definition) is 1. The smallest absolute Gasteiger partial charge is 0.217 e. The zero-order valence-corrected chi connectivity index (χ0v) is 7.67. The van der Waals surface area contributed by atoms with Crippen LogP contribution in [0.2, 0.25) is 0 Å². The highest BCUT2D eigenvalue weighted by atomic mass is 19.1. The van der Waals surface area contributed by atoms with Gasteiger partial charge in [-0.25, -0.2) is 4.39 Å². The van der Waals surface area contributed by atoms with E-state index < -0.39 is 0 Å². The van der Waals surface area contributed by atoms with Gasteiger partial charge in [-0.3, -0.25) is 4.79 Å². The minimum Gasteiger partial charge on any atom is -0.350 e. The fraction of sp³-hybridized carbons (Fsp3) is 0.300. The van der Waals surface area contributed by atoms with Crippen molar-refractivity contribution in [2.45, 2.75) is 19.9 Å². The van der Waals surface area contributed by atoms with Gasteiger partial charge in [-0.05, 0) is 24.6 Å². The van der Waals surface area contributed by atoms with Crippen LogP contribution in [0.15, 0.2) is 24.3 Å². The highest BCUT2D eigenvalue weighted by Crippen LogP contribution is 2.12. The maximum Gasteiger partial charge on any atom is 0.217 e. The minimum atomic E-state index is -0.265. The first-order chi connectivity index (χ1) is 6.09. The van der Waals surface area contributed by atoms with Crippen LogP contribution in [0, 0.1) is 5.82 Å². The Bertz CT molecular complexity index is 294. The molecule has 0 saturated heterocycles. The van der Waals surface area contributed by atoms with Gasteiger partial charge in [0.15, 0.2) is 0 Å². The third-order valence-electron chi connectivity index (χ3n) is 1.79. The summed E-state index contributed by atoms with van der Waals surface area (Å²) in [5.41, 5.74) is 0.900. The van der Waals surface area contributed by atoms with Crippen LogP contribution >= 0.6 is 0 Å². The van der Waals surface area contributed by atoms with Crippen molar-refractivity contribution in [2.24, 2.45) is 0 Å². The molecule has 1 aromatic rings. The molecular weight excluding hydrogens is 169 g/mol. The number of benzene rings is 1. The average molecular weight is 181 g/mol. The Labute approximate surface area is 76.8 Å². The molecule has 70 valence electrons. The molecule has 1 aromatic carbocycles. The van der Waals surface area contributed by atoms with E-state index >= 15 is 0 Å². The quantitative estimate of drug-likeness (QED) is 0.743. The number of nitrogens with one attached hydrogen (secondary N) is 1. The summed E-state index contributed by atoms with van der Waals surface area (Å²) in [7, 11) is 0. The lowest BCUT2D eigenvalue weighted by Crippen LogP contribution is -2.23. The molecule has 0 saturated carbocycles. The topological polar surface area (TPSA) is 29.1 Å². The SMILES string of the molecule is CC(=O)N[C@@H](C)c1ccc(F)cc1. The Hall–Kier alpha value is -1.38. The third-order valence-corrected chi connectivity index (χ3v) is 1.79. The second kappa shape index (κ2) is 4.03. The predicted molar refractivity (Wildman–Crippen MR) is 48.6 cm³/mol. The molecule has 0 spiro atoms. The summed E-state index contributed by atoms with van der Waals surface area (Å²) in [6.07, 6.45) is 0. The molecule has 0 heterocycles. The Kier molecular flexibility index (Phi) is 3.01. The van der Waals surface area contributed by atoms with Gasteiger partial charge in [0.2, 0.25) is 5.91 Å². The van der Waals surface area contributed by atoms with E-state index in [0.29, 0.717) is 0 Å². The molecule has 13 heavy (non-hydrogen) atoms. The maximum absolute atomic E-state index is 12.5. The van der Waals surface area contributed by atoms with Gasteiger partial charge in [0.25, 0.3) is 0 Å². The summed E-state index contributed by atoms with van der Waals surface area (Å²) in [5, 5.41) is 2.72. The van der Waals surface area contributed by atoms with Crippen LogP contribution < -0.4 is 5.32 Å². The highest BCUT2D eigenvalue weighted by molar-refractivity contribution is 5.73. The van der Waals surface area contributed by atoms with Crippen LogP contribution in [0.3, 0.4) is 0 Å². The van der Waals surface area contributed by atoms with Crippen LogP contribution in [0.1, 0.15) is 25.5 Å². The van der Waals surface area contributed by atoms with E-state index in [9.17, 15) is 9.18 Å². The summed E-state index contributed by atoms with van der Waals surface area (Å²) < 4.78 is 12.5. The Morgan fingerprint density at radius 2 is 1.92 bits per heavy atom. The molecule has 3 heteroatoms. The average Bonchev–Trinajstić information content (AvgIpc) is 2.04. The van der Waals surface area contributed by atoms with Gasteiger partial charge in [0.1, 0.15) is 5.82 Å². The molecule has 0 aliphatic heterocycles. The van der Waals surface area contributed by atoms with Crippen molar-refractivity contribution in [1.82, 2.24) is 5.32 Å². The lowest BCUT2D eigenvalue weighted by Gasteiger charge is -2.12. The number of halogens is 1. The fourth-order valence-electron chi connectivity index (χ4n) is 1.14. The first-order valence-electron chi connectivity index (χ1n) is 4.12.